The van der Waals surface area contributed by atoms with Crippen LogP contribution in [0.5, 0.6) is 0 Å². The van der Waals surface area contributed by atoms with Crippen molar-refractivity contribution >= 4 is 5.97 Å². The molecule has 0 bridgehead atoms. The van der Waals surface area contributed by atoms with Crippen molar-refractivity contribution in [2.45, 2.75) is 69.5 Å². The highest BCUT2D eigenvalue weighted by atomic mass is 16.5. The molecular weight excluding hydrogens is 270 g/mol. The van der Waals surface area contributed by atoms with Crippen molar-refractivity contribution in [2.24, 2.45) is 5.92 Å². The molecule has 1 saturated heterocycles. The first kappa shape index (κ1) is 13.2. The number of aromatic nitrogens is 2. The third kappa shape index (κ3) is 2.46. The fourth-order valence-corrected chi connectivity index (χ4v) is 4.01. The highest BCUT2D eigenvalue weighted by Gasteiger charge is 2.45. The van der Waals surface area contributed by atoms with Gasteiger partial charge >= 0.3 is 5.97 Å². The maximum absolute atomic E-state index is 11.6. The Bertz CT molecular complexity index is 540. The van der Waals surface area contributed by atoms with Gasteiger partial charge < -0.3 is 9.63 Å². The number of carboxylic acid groups (broad SMARTS) is 1. The van der Waals surface area contributed by atoms with Crippen molar-refractivity contribution in [2.75, 3.05) is 0 Å². The van der Waals surface area contributed by atoms with Gasteiger partial charge in [0, 0.05) is 12.0 Å². The third-order valence-electron chi connectivity index (χ3n) is 5.24. The number of hydrogen-bond donors (Lipinski definition) is 1. The Balaban J connectivity index is 1.53. The number of rotatable bonds is 4. The molecule has 114 valence electrons. The Morgan fingerprint density at radius 3 is 2.86 bits per heavy atom. The van der Waals surface area contributed by atoms with Gasteiger partial charge in [0.1, 0.15) is 6.04 Å². The van der Waals surface area contributed by atoms with Crippen molar-refractivity contribution in [1.29, 1.82) is 0 Å². The predicted molar refractivity (Wildman–Crippen MR) is 73.6 cm³/mol. The molecule has 1 aliphatic heterocycles. The zero-order chi connectivity index (χ0) is 14.4. The van der Waals surface area contributed by atoms with Gasteiger partial charge in [0.05, 0.1) is 6.54 Å². The summed E-state index contributed by atoms with van der Waals surface area (Å²) in [5.74, 6) is 1.64. The Morgan fingerprint density at radius 1 is 1.29 bits per heavy atom. The highest BCUT2D eigenvalue weighted by molar-refractivity contribution is 5.74. The van der Waals surface area contributed by atoms with Crippen LogP contribution in [-0.4, -0.2) is 38.2 Å². The Hall–Kier alpha value is -1.43. The number of aliphatic carboxylic acids is 1. The molecule has 1 aromatic heterocycles. The molecule has 3 aliphatic rings. The van der Waals surface area contributed by atoms with Crippen molar-refractivity contribution < 1.29 is 14.4 Å². The van der Waals surface area contributed by atoms with E-state index in [1.807, 2.05) is 0 Å². The SMILES string of the molecule is O=C(O)C1CC2CCCCC2N1Cc1noc(C2CC2)n1. The molecule has 4 rings (SSSR count). The van der Waals surface area contributed by atoms with Crippen LogP contribution < -0.4 is 0 Å². The summed E-state index contributed by atoms with van der Waals surface area (Å²) in [6, 6.07) is -0.0105. The average Bonchev–Trinajstić information content (AvgIpc) is 3.12. The maximum Gasteiger partial charge on any atom is 0.320 e. The molecule has 6 nitrogen and oxygen atoms in total. The standard InChI is InChI=1S/C15H21N3O3/c19-15(20)12-7-10-3-1-2-4-11(10)18(12)8-13-16-14(21-17-13)9-5-6-9/h9-12H,1-8H2,(H,19,20). The van der Waals surface area contributed by atoms with E-state index in [1.165, 1.54) is 12.8 Å². The summed E-state index contributed by atoms with van der Waals surface area (Å²) in [6.45, 7) is 0.508. The molecule has 0 spiro atoms. The molecule has 3 fully saturated rings. The van der Waals surface area contributed by atoms with Gasteiger partial charge in [-0.25, -0.2) is 0 Å². The van der Waals surface area contributed by atoms with Gasteiger partial charge in [0.15, 0.2) is 5.82 Å². The fraction of sp³-hybridized carbons (Fsp3) is 0.800. The number of nitrogens with zero attached hydrogens (tertiary/aromatic N) is 3. The second kappa shape index (κ2) is 5.09. The van der Waals surface area contributed by atoms with E-state index in [-0.39, 0.29) is 6.04 Å². The zero-order valence-corrected chi connectivity index (χ0v) is 12.1. The van der Waals surface area contributed by atoms with E-state index < -0.39 is 5.97 Å². The summed E-state index contributed by atoms with van der Waals surface area (Å²) < 4.78 is 5.30. The van der Waals surface area contributed by atoms with Crippen LogP contribution >= 0.6 is 0 Å². The van der Waals surface area contributed by atoms with Crippen molar-refractivity contribution in [1.82, 2.24) is 15.0 Å². The fourth-order valence-electron chi connectivity index (χ4n) is 4.01. The van der Waals surface area contributed by atoms with E-state index >= 15 is 0 Å². The van der Waals surface area contributed by atoms with Gasteiger partial charge in [-0.1, -0.05) is 18.0 Å². The van der Waals surface area contributed by atoms with Gasteiger partial charge in [0.25, 0.3) is 0 Å². The van der Waals surface area contributed by atoms with Crippen LogP contribution in [0, 0.1) is 5.92 Å². The van der Waals surface area contributed by atoms with Gasteiger partial charge in [-0.3, -0.25) is 9.69 Å². The average molecular weight is 291 g/mol. The highest BCUT2D eigenvalue weighted by Crippen LogP contribution is 2.41. The second-order valence-corrected chi connectivity index (χ2v) is 6.70. The van der Waals surface area contributed by atoms with Crippen molar-refractivity contribution in [3.63, 3.8) is 0 Å². The van der Waals surface area contributed by atoms with E-state index in [9.17, 15) is 9.90 Å². The van der Waals surface area contributed by atoms with Gasteiger partial charge in [-0.15, -0.1) is 0 Å². The second-order valence-electron chi connectivity index (χ2n) is 6.70. The number of fused-ring (bicyclic) bond motifs is 1. The van der Waals surface area contributed by atoms with E-state index in [1.54, 1.807) is 0 Å². The van der Waals surface area contributed by atoms with Crippen molar-refractivity contribution in [3.05, 3.63) is 11.7 Å². The van der Waals surface area contributed by atoms with Crippen LogP contribution in [0.4, 0.5) is 0 Å². The first-order valence-electron chi connectivity index (χ1n) is 8.03. The smallest absolute Gasteiger partial charge is 0.320 e. The molecular formula is C15H21N3O3. The van der Waals surface area contributed by atoms with E-state index in [4.69, 9.17) is 4.52 Å². The topological polar surface area (TPSA) is 79.5 Å². The monoisotopic (exact) mass is 291 g/mol. The molecule has 0 aromatic carbocycles. The first-order chi connectivity index (χ1) is 10.2. The van der Waals surface area contributed by atoms with Gasteiger partial charge in [0.2, 0.25) is 5.89 Å². The minimum atomic E-state index is -0.713. The van der Waals surface area contributed by atoms with Gasteiger partial charge in [-0.05, 0) is 38.0 Å². The predicted octanol–water partition coefficient (Wildman–Crippen LogP) is 2.16. The number of carboxylic acids is 1. The van der Waals surface area contributed by atoms with Crippen LogP contribution in [0.25, 0.3) is 0 Å². The maximum atomic E-state index is 11.6. The molecule has 0 radical (unpaired) electrons. The van der Waals surface area contributed by atoms with Crippen LogP contribution in [0.1, 0.15) is 62.6 Å². The molecule has 1 aromatic rings. The zero-order valence-electron chi connectivity index (χ0n) is 12.1. The minimum absolute atomic E-state index is 0.378. The Kier molecular flexibility index (Phi) is 3.21. The molecule has 6 heteroatoms. The molecule has 3 atom stereocenters. The lowest BCUT2D eigenvalue weighted by Crippen LogP contribution is -2.41. The third-order valence-corrected chi connectivity index (χ3v) is 5.24. The summed E-state index contributed by atoms with van der Waals surface area (Å²) in [4.78, 5) is 18.1. The van der Waals surface area contributed by atoms with E-state index in [0.717, 1.165) is 38.0 Å². The molecule has 2 aliphatic carbocycles. The van der Waals surface area contributed by atoms with Crippen LogP contribution in [-0.2, 0) is 11.3 Å². The minimum Gasteiger partial charge on any atom is -0.480 e. The Labute approximate surface area is 123 Å². The van der Waals surface area contributed by atoms with E-state index in [2.05, 4.69) is 15.0 Å². The molecule has 0 amide bonds. The summed E-state index contributed by atoms with van der Waals surface area (Å²) in [7, 11) is 0. The lowest BCUT2D eigenvalue weighted by Gasteiger charge is -2.32. The van der Waals surface area contributed by atoms with E-state index in [0.29, 0.717) is 30.2 Å². The van der Waals surface area contributed by atoms with Crippen molar-refractivity contribution in [3.8, 4) is 0 Å². The molecule has 2 heterocycles. The first-order valence-corrected chi connectivity index (χ1v) is 8.03. The van der Waals surface area contributed by atoms with Gasteiger partial charge in [-0.2, -0.15) is 4.98 Å². The molecule has 21 heavy (non-hydrogen) atoms. The summed E-state index contributed by atoms with van der Waals surface area (Å²) >= 11 is 0. The van der Waals surface area contributed by atoms with Crippen LogP contribution in [0.15, 0.2) is 4.52 Å². The number of carbonyl (C=O) groups is 1. The molecule has 1 N–H and O–H groups in total. The number of likely N-dealkylation sites (tertiary alicyclic amines) is 1. The lowest BCUT2D eigenvalue weighted by atomic mass is 9.85. The molecule has 3 unspecified atom stereocenters. The summed E-state index contributed by atoms with van der Waals surface area (Å²) in [5.41, 5.74) is 0. The lowest BCUT2D eigenvalue weighted by molar-refractivity contribution is -0.143. The summed E-state index contributed by atoms with van der Waals surface area (Å²) in [6.07, 6.45) is 7.72. The quantitative estimate of drug-likeness (QED) is 0.915. The molecule has 2 saturated carbocycles. The van der Waals surface area contributed by atoms with Crippen LogP contribution in [0.2, 0.25) is 0 Å². The largest absolute Gasteiger partial charge is 0.480 e. The normalized spacial score (nSPS) is 33.0. The van der Waals surface area contributed by atoms with Crippen LogP contribution in [0.3, 0.4) is 0 Å². The number of hydrogen-bond acceptors (Lipinski definition) is 5. The Morgan fingerprint density at radius 2 is 2.10 bits per heavy atom. The summed E-state index contributed by atoms with van der Waals surface area (Å²) in [5, 5.41) is 13.6.